The van der Waals surface area contributed by atoms with Gasteiger partial charge in [0.1, 0.15) is 17.2 Å². The van der Waals surface area contributed by atoms with Crippen LogP contribution >= 0.6 is 24.0 Å². The summed E-state index contributed by atoms with van der Waals surface area (Å²) in [6.07, 6.45) is 2.11. The van der Waals surface area contributed by atoms with Gasteiger partial charge >= 0.3 is 0 Å². The number of nitrogens with one attached hydrogen (secondary N) is 2. The van der Waals surface area contributed by atoms with E-state index in [1.54, 1.807) is 13.1 Å². The van der Waals surface area contributed by atoms with Gasteiger partial charge in [0.25, 0.3) is 0 Å². The fourth-order valence-corrected chi connectivity index (χ4v) is 3.89. The van der Waals surface area contributed by atoms with Crippen molar-refractivity contribution in [2.75, 3.05) is 25.0 Å². The van der Waals surface area contributed by atoms with Crippen molar-refractivity contribution in [1.82, 2.24) is 10.6 Å². The summed E-state index contributed by atoms with van der Waals surface area (Å²) in [6, 6.07) is 15.5. The minimum atomic E-state index is -0.250. The number of anilines is 1. The molecule has 0 atom stereocenters. The minimum Gasteiger partial charge on any atom is -0.459 e. The van der Waals surface area contributed by atoms with Gasteiger partial charge in [-0.2, -0.15) is 0 Å². The molecule has 0 bridgehead atoms. The lowest BCUT2D eigenvalue weighted by Crippen LogP contribution is -2.48. The van der Waals surface area contributed by atoms with Gasteiger partial charge in [-0.3, -0.25) is 4.99 Å². The lowest BCUT2D eigenvalue weighted by atomic mass is 10.0. The maximum absolute atomic E-state index is 13.5. The predicted octanol–water partition coefficient (Wildman–Crippen LogP) is 4.83. The van der Waals surface area contributed by atoms with Gasteiger partial charge in [-0.25, -0.2) is 4.39 Å². The first kappa shape index (κ1) is 22.4. The number of furan rings is 1. The zero-order chi connectivity index (χ0) is 20.2. The first-order valence-corrected chi connectivity index (χ1v) is 10.1. The minimum absolute atomic E-state index is 0. The number of para-hydroxylation sites is 1. The molecule has 0 amide bonds. The number of guanidine groups is 1. The molecule has 1 aromatic heterocycles. The Morgan fingerprint density at radius 1 is 1.17 bits per heavy atom. The number of rotatable bonds is 4. The van der Waals surface area contributed by atoms with Crippen molar-refractivity contribution in [1.29, 1.82) is 0 Å². The average Bonchev–Trinajstić information content (AvgIpc) is 3.07. The Kier molecular flexibility index (Phi) is 7.58. The molecule has 0 unspecified atom stereocenters. The van der Waals surface area contributed by atoms with E-state index in [2.05, 4.69) is 44.8 Å². The monoisotopic (exact) mass is 522 g/mol. The Hall–Kier alpha value is -2.29. The highest BCUT2D eigenvalue weighted by Crippen LogP contribution is 2.26. The lowest BCUT2D eigenvalue weighted by Gasteiger charge is -2.34. The molecule has 30 heavy (non-hydrogen) atoms. The maximum Gasteiger partial charge on any atom is 0.191 e. The van der Waals surface area contributed by atoms with Crippen LogP contribution in [-0.2, 0) is 6.54 Å². The van der Waals surface area contributed by atoms with Gasteiger partial charge in [0.05, 0.1) is 6.54 Å². The van der Waals surface area contributed by atoms with Crippen molar-refractivity contribution >= 4 is 46.6 Å². The van der Waals surface area contributed by atoms with Gasteiger partial charge in [-0.15, -0.1) is 24.0 Å². The Bertz CT molecular complexity index is 997. The van der Waals surface area contributed by atoms with E-state index < -0.39 is 0 Å². The van der Waals surface area contributed by atoms with Crippen LogP contribution < -0.4 is 15.5 Å². The van der Waals surface area contributed by atoms with Crippen molar-refractivity contribution in [3.8, 4) is 0 Å². The van der Waals surface area contributed by atoms with E-state index in [0.29, 0.717) is 18.2 Å². The van der Waals surface area contributed by atoms with Crippen molar-refractivity contribution in [2.45, 2.75) is 32.4 Å². The van der Waals surface area contributed by atoms with E-state index in [4.69, 9.17) is 4.42 Å². The smallest absolute Gasteiger partial charge is 0.191 e. The summed E-state index contributed by atoms with van der Waals surface area (Å²) >= 11 is 0. The quantitative estimate of drug-likeness (QED) is 0.293. The number of aryl methyl sites for hydroxylation is 1. The normalized spacial score (nSPS) is 15.2. The number of hydrogen-bond acceptors (Lipinski definition) is 3. The molecule has 5 nitrogen and oxygen atoms in total. The summed E-state index contributed by atoms with van der Waals surface area (Å²) in [6.45, 7) is 4.50. The van der Waals surface area contributed by atoms with Crippen LogP contribution in [0.1, 0.15) is 24.2 Å². The molecule has 1 aliphatic rings. The summed E-state index contributed by atoms with van der Waals surface area (Å²) in [5.74, 6) is 1.31. The molecule has 4 rings (SSSR count). The molecule has 0 radical (unpaired) electrons. The molecular weight excluding hydrogens is 494 g/mol. The molecule has 7 heteroatoms. The molecule has 0 aliphatic carbocycles. The summed E-state index contributed by atoms with van der Waals surface area (Å²) in [7, 11) is 1.77. The van der Waals surface area contributed by atoms with Gasteiger partial charge in [0.15, 0.2) is 5.96 Å². The van der Waals surface area contributed by atoms with Crippen LogP contribution in [0.3, 0.4) is 0 Å². The third kappa shape index (κ3) is 5.06. The SMILES string of the molecule is CN=C(NCc1oc2ccc(F)cc2c1C)NC1CCN(c2ccccc2)CC1.I. The average molecular weight is 522 g/mol. The largest absolute Gasteiger partial charge is 0.459 e. The second-order valence-electron chi connectivity index (χ2n) is 7.46. The highest BCUT2D eigenvalue weighted by molar-refractivity contribution is 14.0. The number of benzene rings is 2. The van der Waals surface area contributed by atoms with Crippen LogP contribution in [0.5, 0.6) is 0 Å². The van der Waals surface area contributed by atoms with Gasteiger partial charge in [0, 0.05) is 42.8 Å². The van der Waals surface area contributed by atoms with Crippen molar-refractivity contribution in [3.63, 3.8) is 0 Å². The first-order valence-electron chi connectivity index (χ1n) is 10.1. The van der Waals surface area contributed by atoms with E-state index in [1.807, 2.05) is 13.0 Å². The molecule has 2 heterocycles. The van der Waals surface area contributed by atoms with E-state index in [0.717, 1.165) is 48.6 Å². The number of halogens is 2. The predicted molar refractivity (Wildman–Crippen MR) is 131 cm³/mol. The summed E-state index contributed by atoms with van der Waals surface area (Å²) < 4.78 is 19.4. The Balaban J connectivity index is 0.00000256. The van der Waals surface area contributed by atoms with Crippen molar-refractivity contribution in [3.05, 3.63) is 65.7 Å². The lowest BCUT2D eigenvalue weighted by molar-refractivity contribution is 0.459. The highest BCUT2D eigenvalue weighted by atomic mass is 127. The number of aliphatic imine (C=N–C) groups is 1. The van der Waals surface area contributed by atoms with Crippen LogP contribution in [-0.4, -0.2) is 32.1 Å². The number of fused-ring (bicyclic) bond motifs is 1. The molecule has 1 aliphatic heterocycles. The van der Waals surface area contributed by atoms with Gasteiger partial charge < -0.3 is 20.0 Å². The Morgan fingerprint density at radius 2 is 1.90 bits per heavy atom. The third-order valence-electron chi connectivity index (χ3n) is 5.59. The van der Waals surface area contributed by atoms with Gasteiger partial charge in [-0.1, -0.05) is 18.2 Å². The van der Waals surface area contributed by atoms with Crippen LogP contribution in [0.25, 0.3) is 11.0 Å². The van der Waals surface area contributed by atoms with Gasteiger partial charge in [0.2, 0.25) is 0 Å². The summed E-state index contributed by atoms with van der Waals surface area (Å²) in [5.41, 5.74) is 2.95. The second-order valence-corrected chi connectivity index (χ2v) is 7.46. The molecule has 2 N–H and O–H groups in total. The Labute approximate surface area is 193 Å². The number of nitrogens with zero attached hydrogens (tertiary/aromatic N) is 2. The van der Waals surface area contributed by atoms with E-state index in [-0.39, 0.29) is 29.8 Å². The summed E-state index contributed by atoms with van der Waals surface area (Å²) in [5, 5.41) is 7.67. The number of hydrogen-bond donors (Lipinski definition) is 2. The van der Waals surface area contributed by atoms with Crippen LogP contribution in [0.15, 0.2) is 57.9 Å². The van der Waals surface area contributed by atoms with Crippen molar-refractivity contribution < 1.29 is 8.81 Å². The van der Waals surface area contributed by atoms with Crippen molar-refractivity contribution in [2.24, 2.45) is 4.99 Å². The molecule has 160 valence electrons. The zero-order valence-corrected chi connectivity index (χ0v) is 19.7. The van der Waals surface area contributed by atoms with E-state index in [9.17, 15) is 4.39 Å². The fourth-order valence-electron chi connectivity index (χ4n) is 3.89. The topological polar surface area (TPSA) is 52.8 Å². The summed E-state index contributed by atoms with van der Waals surface area (Å²) in [4.78, 5) is 6.77. The molecule has 0 spiro atoms. The fraction of sp³-hybridized carbons (Fsp3) is 0.348. The molecule has 2 aromatic carbocycles. The molecule has 1 saturated heterocycles. The van der Waals surface area contributed by atoms with Gasteiger partial charge in [-0.05, 0) is 50.1 Å². The van der Waals surface area contributed by atoms with Crippen LogP contribution in [0.4, 0.5) is 10.1 Å². The molecule has 3 aromatic rings. The number of piperidine rings is 1. The van der Waals surface area contributed by atoms with E-state index >= 15 is 0 Å². The zero-order valence-electron chi connectivity index (χ0n) is 17.3. The standard InChI is InChI=1S/C23H27FN4O.HI/c1-16-20-14-17(24)8-9-21(20)29-22(16)15-26-23(25-2)27-18-10-12-28(13-11-18)19-6-4-3-5-7-19;/h3-9,14,18H,10-13,15H2,1-2H3,(H2,25,26,27);1H. The second kappa shape index (κ2) is 10.1. The maximum atomic E-state index is 13.5. The van der Waals surface area contributed by atoms with E-state index in [1.165, 1.54) is 17.8 Å². The molecular formula is C23H28FIN4O. The Morgan fingerprint density at radius 3 is 2.60 bits per heavy atom. The highest BCUT2D eigenvalue weighted by Gasteiger charge is 2.20. The first-order chi connectivity index (χ1) is 14.1. The third-order valence-corrected chi connectivity index (χ3v) is 5.59. The molecule has 0 saturated carbocycles. The molecule has 1 fully saturated rings. The van der Waals surface area contributed by atoms with Crippen LogP contribution in [0.2, 0.25) is 0 Å². The van der Waals surface area contributed by atoms with Crippen LogP contribution in [0, 0.1) is 12.7 Å².